The summed E-state index contributed by atoms with van der Waals surface area (Å²) in [6.45, 7) is 2.23. The predicted molar refractivity (Wildman–Crippen MR) is 91.2 cm³/mol. The number of amides is 2. The van der Waals surface area contributed by atoms with Crippen molar-refractivity contribution in [1.29, 1.82) is 0 Å². The molecule has 0 bridgehead atoms. The van der Waals surface area contributed by atoms with Crippen LogP contribution in [-0.2, 0) is 12.8 Å². The third-order valence-corrected chi connectivity index (χ3v) is 5.98. The summed E-state index contributed by atoms with van der Waals surface area (Å²) in [5, 5.41) is 8.17. The Bertz CT molecular complexity index is 704. The highest BCUT2D eigenvalue weighted by Crippen LogP contribution is 2.39. The molecule has 3 rings (SSSR count). The Morgan fingerprint density at radius 2 is 2.14 bits per heavy atom. The first kappa shape index (κ1) is 15.2. The molecule has 0 spiro atoms. The molecule has 2 aromatic rings. The first-order valence-electron chi connectivity index (χ1n) is 7.31. The lowest BCUT2D eigenvalue weighted by Gasteiger charge is -2.18. The van der Waals surface area contributed by atoms with Crippen LogP contribution in [0.5, 0.6) is 0 Å². The van der Waals surface area contributed by atoms with E-state index in [0.29, 0.717) is 21.4 Å². The highest BCUT2D eigenvalue weighted by Gasteiger charge is 2.28. The minimum atomic E-state index is -0.146. The average molecular weight is 334 g/mol. The number of thiophene rings is 2. The zero-order valence-electron chi connectivity index (χ0n) is 12.6. The van der Waals surface area contributed by atoms with Gasteiger partial charge in [-0.25, -0.2) is 0 Å². The van der Waals surface area contributed by atoms with Gasteiger partial charge >= 0.3 is 0 Å². The van der Waals surface area contributed by atoms with Crippen molar-refractivity contribution in [2.24, 2.45) is 5.92 Å². The molecule has 0 aliphatic heterocycles. The number of hydrogen-bond acceptors (Lipinski definition) is 4. The largest absolute Gasteiger partial charge is 0.355 e. The van der Waals surface area contributed by atoms with E-state index in [2.05, 4.69) is 17.6 Å². The van der Waals surface area contributed by atoms with E-state index in [1.165, 1.54) is 16.2 Å². The number of rotatable bonds is 3. The number of anilines is 1. The average Bonchev–Trinajstić information content (AvgIpc) is 3.13. The van der Waals surface area contributed by atoms with Crippen molar-refractivity contribution in [3.63, 3.8) is 0 Å². The van der Waals surface area contributed by atoms with Gasteiger partial charge in [0, 0.05) is 11.9 Å². The van der Waals surface area contributed by atoms with E-state index >= 15 is 0 Å². The fourth-order valence-corrected chi connectivity index (χ4v) is 4.80. The molecule has 1 atom stereocenters. The van der Waals surface area contributed by atoms with Gasteiger partial charge in [0.25, 0.3) is 11.8 Å². The second-order valence-corrected chi connectivity index (χ2v) is 7.62. The van der Waals surface area contributed by atoms with Gasteiger partial charge in [0.2, 0.25) is 0 Å². The van der Waals surface area contributed by atoms with Crippen LogP contribution >= 0.6 is 22.7 Å². The topological polar surface area (TPSA) is 58.2 Å². The summed E-state index contributed by atoms with van der Waals surface area (Å²) in [5.74, 6) is 0.366. The van der Waals surface area contributed by atoms with Crippen LogP contribution in [0.1, 0.15) is 43.8 Å². The Morgan fingerprint density at radius 3 is 2.82 bits per heavy atom. The standard InChI is InChI=1S/C16H18N2O2S2/c1-9-5-6-10-12(8-9)22-16(13(10)15(20)17-2)18-14(19)11-4-3-7-21-11/h3-4,7,9H,5-6,8H2,1-2H3,(H,17,20)(H,18,19). The van der Waals surface area contributed by atoms with Gasteiger partial charge in [-0.05, 0) is 42.2 Å². The number of hydrogen-bond donors (Lipinski definition) is 2. The molecule has 0 fully saturated rings. The Kier molecular flexibility index (Phi) is 4.31. The monoisotopic (exact) mass is 334 g/mol. The first-order chi connectivity index (χ1) is 10.6. The molecule has 1 unspecified atom stereocenters. The van der Waals surface area contributed by atoms with Crippen molar-refractivity contribution in [2.45, 2.75) is 26.2 Å². The van der Waals surface area contributed by atoms with Gasteiger partial charge in [0.15, 0.2) is 0 Å². The lowest BCUT2D eigenvalue weighted by molar-refractivity contribution is 0.0963. The van der Waals surface area contributed by atoms with Crippen LogP contribution in [0.25, 0.3) is 0 Å². The van der Waals surface area contributed by atoms with Gasteiger partial charge < -0.3 is 10.6 Å². The zero-order chi connectivity index (χ0) is 15.7. The highest BCUT2D eigenvalue weighted by molar-refractivity contribution is 7.17. The number of carbonyl (C=O) groups excluding carboxylic acids is 2. The van der Waals surface area contributed by atoms with Crippen molar-refractivity contribution >= 4 is 39.5 Å². The summed E-state index contributed by atoms with van der Waals surface area (Å²) in [5.41, 5.74) is 1.77. The fraction of sp³-hybridized carbons (Fsp3) is 0.375. The molecule has 0 radical (unpaired) electrons. The van der Waals surface area contributed by atoms with E-state index in [1.807, 2.05) is 11.4 Å². The molecule has 2 amide bonds. The van der Waals surface area contributed by atoms with Crippen molar-refractivity contribution in [1.82, 2.24) is 5.32 Å². The summed E-state index contributed by atoms with van der Waals surface area (Å²) in [7, 11) is 1.63. The minimum Gasteiger partial charge on any atom is -0.355 e. The summed E-state index contributed by atoms with van der Waals surface area (Å²) in [4.78, 5) is 26.4. The van der Waals surface area contributed by atoms with Crippen LogP contribution in [0.2, 0.25) is 0 Å². The highest BCUT2D eigenvalue weighted by atomic mass is 32.1. The van der Waals surface area contributed by atoms with E-state index in [4.69, 9.17) is 0 Å². The molecule has 0 saturated heterocycles. The Hall–Kier alpha value is -1.66. The van der Waals surface area contributed by atoms with Crippen LogP contribution in [-0.4, -0.2) is 18.9 Å². The van der Waals surface area contributed by atoms with E-state index < -0.39 is 0 Å². The number of fused-ring (bicyclic) bond motifs is 1. The third-order valence-electron chi connectivity index (χ3n) is 3.94. The van der Waals surface area contributed by atoms with E-state index in [1.54, 1.807) is 24.5 Å². The van der Waals surface area contributed by atoms with Gasteiger partial charge in [-0.3, -0.25) is 9.59 Å². The molecule has 4 nitrogen and oxygen atoms in total. The maximum Gasteiger partial charge on any atom is 0.266 e. The molecule has 1 aliphatic rings. The molecule has 0 aromatic carbocycles. The van der Waals surface area contributed by atoms with Gasteiger partial charge in [-0.15, -0.1) is 22.7 Å². The Balaban J connectivity index is 1.96. The lowest BCUT2D eigenvalue weighted by Crippen LogP contribution is -2.22. The Morgan fingerprint density at radius 1 is 1.32 bits per heavy atom. The van der Waals surface area contributed by atoms with Crippen LogP contribution < -0.4 is 10.6 Å². The van der Waals surface area contributed by atoms with Gasteiger partial charge in [0.05, 0.1) is 10.4 Å². The maximum atomic E-state index is 12.3. The van der Waals surface area contributed by atoms with E-state index in [-0.39, 0.29) is 11.8 Å². The van der Waals surface area contributed by atoms with Crippen LogP contribution in [0.3, 0.4) is 0 Å². The molecule has 1 aliphatic carbocycles. The summed E-state index contributed by atoms with van der Waals surface area (Å²) in [6, 6.07) is 3.63. The first-order valence-corrected chi connectivity index (χ1v) is 9.01. The van der Waals surface area contributed by atoms with Crippen LogP contribution in [0.15, 0.2) is 17.5 Å². The molecular formula is C16H18N2O2S2. The SMILES string of the molecule is CNC(=O)c1c(NC(=O)c2cccs2)sc2c1CCC(C)C2. The minimum absolute atomic E-state index is 0.117. The van der Waals surface area contributed by atoms with E-state index in [9.17, 15) is 9.59 Å². The predicted octanol–water partition coefficient (Wildman–Crippen LogP) is 3.55. The van der Waals surface area contributed by atoms with Crippen molar-refractivity contribution < 1.29 is 9.59 Å². The molecular weight excluding hydrogens is 316 g/mol. The molecule has 0 saturated carbocycles. The molecule has 2 aromatic heterocycles. The normalized spacial score (nSPS) is 16.9. The second-order valence-electron chi connectivity index (χ2n) is 5.57. The van der Waals surface area contributed by atoms with Gasteiger partial charge in [0.1, 0.15) is 5.00 Å². The summed E-state index contributed by atoms with van der Waals surface area (Å²) in [6.07, 6.45) is 2.98. The van der Waals surface area contributed by atoms with E-state index in [0.717, 1.165) is 24.8 Å². The molecule has 2 heterocycles. The quantitative estimate of drug-likeness (QED) is 0.902. The van der Waals surface area contributed by atoms with Gasteiger partial charge in [-0.1, -0.05) is 13.0 Å². The van der Waals surface area contributed by atoms with Crippen LogP contribution in [0.4, 0.5) is 5.00 Å². The fourth-order valence-electron chi connectivity index (χ4n) is 2.78. The maximum absolute atomic E-state index is 12.3. The number of nitrogens with one attached hydrogen (secondary N) is 2. The number of carbonyl (C=O) groups is 2. The summed E-state index contributed by atoms with van der Waals surface area (Å²) < 4.78 is 0. The Labute approximate surface area is 137 Å². The van der Waals surface area contributed by atoms with Crippen molar-refractivity contribution in [3.05, 3.63) is 38.4 Å². The second kappa shape index (κ2) is 6.22. The lowest BCUT2D eigenvalue weighted by atomic mass is 9.88. The van der Waals surface area contributed by atoms with Crippen LogP contribution in [0, 0.1) is 5.92 Å². The molecule has 22 heavy (non-hydrogen) atoms. The third kappa shape index (κ3) is 2.80. The zero-order valence-corrected chi connectivity index (χ0v) is 14.2. The molecule has 116 valence electrons. The summed E-state index contributed by atoms with van der Waals surface area (Å²) >= 11 is 2.94. The molecule has 2 N–H and O–H groups in total. The molecule has 6 heteroatoms. The van der Waals surface area contributed by atoms with Crippen molar-refractivity contribution in [3.8, 4) is 0 Å². The van der Waals surface area contributed by atoms with Gasteiger partial charge in [-0.2, -0.15) is 0 Å². The van der Waals surface area contributed by atoms with Crippen molar-refractivity contribution in [2.75, 3.05) is 12.4 Å². The smallest absolute Gasteiger partial charge is 0.266 e.